The fourth-order valence-corrected chi connectivity index (χ4v) is 5.20. The lowest BCUT2D eigenvalue weighted by Gasteiger charge is -2.11. The Labute approximate surface area is 206 Å². The second kappa shape index (κ2) is 10.4. The number of rotatable bonds is 6. The minimum absolute atomic E-state index is 0.132. The SMILES string of the molecule is Cc1cccc(NC(=O)CNC(=O)COC(=O)c2sc3nc4n(c(=O)c3c2C)CCCCC4)c1C. The number of fused-ring (bicyclic) bond motifs is 2. The monoisotopic (exact) mass is 496 g/mol. The molecule has 184 valence electrons. The van der Waals surface area contributed by atoms with Crippen molar-refractivity contribution in [2.24, 2.45) is 0 Å². The van der Waals surface area contributed by atoms with E-state index in [2.05, 4.69) is 15.6 Å². The van der Waals surface area contributed by atoms with Gasteiger partial charge in [0.05, 0.1) is 11.9 Å². The van der Waals surface area contributed by atoms with Crippen molar-refractivity contribution in [2.45, 2.75) is 53.0 Å². The highest BCUT2D eigenvalue weighted by atomic mass is 32.1. The third-order valence-corrected chi connectivity index (χ3v) is 7.42. The number of hydrogen-bond acceptors (Lipinski definition) is 7. The summed E-state index contributed by atoms with van der Waals surface area (Å²) in [6.07, 6.45) is 3.70. The largest absolute Gasteiger partial charge is 0.451 e. The third-order valence-electron chi connectivity index (χ3n) is 6.26. The van der Waals surface area contributed by atoms with Crippen molar-refractivity contribution in [3.8, 4) is 0 Å². The van der Waals surface area contributed by atoms with E-state index in [4.69, 9.17) is 4.74 Å². The van der Waals surface area contributed by atoms with E-state index in [1.165, 1.54) is 0 Å². The van der Waals surface area contributed by atoms with Gasteiger partial charge >= 0.3 is 5.97 Å². The maximum atomic E-state index is 13.0. The number of nitrogens with zero attached hydrogens (tertiary/aromatic N) is 2. The van der Waals surface area contributed by atoms with E-state index in [1.54, 1.807) is 17.6 Å². The van der Waals surface area contributed by atoms with Crippen LogP contribution in [0.3, 0.4) is 0 Å². The number of aryl methyl sites for hydroxylation is 3. The van der Waals surface area contributed by atoms with Gasteiger partial charge in [0.25, 0.3) is 11.5 Å². The number of nitrogens with one attached hydrogen (secondary N) is 2. The lowest BCUT2D eigenvalue weighted by molar-refractivity contribution is -0.126. The second-order valence-electron chi connectivity index (χ2n) is 8.68. The van der Waals surface area contributed by atoms with Gasteiger partial charge in [-0.1, -0.05) is 18.6 Å². The zero-order valence-electron chi connectivity index (χ0n) is 20.0. The van der Waals surface area contributed by atoms with Crippen LogP contribution in [0.15, 0.2) is 23.0 Å². The molecule has 0 saturated heterocycles. The van der Waals surface area contributed by atoms with Crippen LogP contribution in [0.5, 0.6) is 0 Å². The molecule has 0 bridgehead atoms. The van der Waals surface area contributed by atoms with Crippen LogP contribution in [0.2, 0.25) is 0 Å². The molecule has 3 heterocycles. The Morgan fingerprint density at radius 3 is 2.69 bits per heavy atom. The summed E-state index contributed by atoms with van der Waals surface area (Å²) >= 11 is 1.10. The quantitative estimate of drug-likeness (QED) is 0.507. The van der Waals surface area contributed by atoms with Crippen LogP contribution in [-0.4, -0.2) is 40.5 Å². The predicted octanol–water partition coefficient (Wildman–Crippen LogP) is 3.02. The van der Waals surface area contributed by atoms with E-state index in [0.717, 1.165) is 54.0 Å². The summed E-state index contributed by atoms with van der Waals surface area (Å²) in [5.74, 6) is -0.928. The lowest BCUT2D eigenvalue weighted by Crippen LogP contribution is -2.35. The number of anilines is 1. The Kier molecular flexibility index (Phi) is 7.30. The van der Waals surface area contributed by atoms with Crippen LogP contribution >= 0.6 is 11.3 Å². The predicted molar refractivity (Wildman–Crippen MR) is 134 cm³/mol. The Balaban J connectivity index is 1.36. The molecule has 2 N–H and O–H groups in total. The molecule has 0 unspecified atom stereocenters. The lowest BCUT2D eigenvalue weighted by atomic mass is 10.1. The summed E-state index contributed by atoms with van der Waals surface area (Å²) < 4.78 is 6.87. The van der Waals surface area contributed by atoms with Crippen LogP contribution in [-0.2, 0) is 27.3 Å². The number of benzene rings is 1. The number of hydrogen-bond donors (Lipinski definition) is 2. The van der Waals surface area contributed by atoms with Gasteiger partial charge < -0.3 is 15.4 Å². The maximum Gasteiger partial charge on any atom is 0.349 e. The summed E-state index contributed by atoms with van der Waals surface area (Å²) in [6, 6.07) is 5.57. The molecule has 0 radical (unpaired) electrons. The zero-order valence-corrected chi connectivity index (χ0v) is 20.8. The van der Waals surface area contributed by atoms with Gasteiger partial charge in [0, 0.05) is 18.7 Å². The first-order valence-electron chi connectivity index (χ1n) is 11.6. The molecule has 0 atom stereocenters. The number of amides is 2. The number of carbonyl (C=O) groups is 3. The Bertz CT molecular complexity index is 1370. The van der Waals surface area contributed by atoms with Gasteiger partial charge in [-0.05, 0) is 56.4 Å². The van der Waals surface area contributed by atoms with Gasteiger partial charge in [0.2, 0.25) is 5.91 Å². The highest BCUT2D eigenvalue weighted by Gasteiger charge is 2.23. The van der Waals surface area contributed by atoms with Crippen molar-refractivity contribution < 1.29 is 19.1 Å². The molecule has 0 saturated carbocycles. The van der Waals surface area contributed by atoms with Crippen molar-refractivity contribution in [1.29, 1.82) is 0 Å². The summed E-state index contributed by atoms with van der Waals surface area (Å²) in [4.78, 5) is 55.4. The van der Waals surface area contributed by atoms with Gasteiger partial charge in [0.1, 0.15) is 15.5 Å². The number of esters is 1. The van der Waals surface area contributed by atoms with Gasteiger partial charge in [-0.25, -0.2) is 9.78 Å². The molecular weight excluding hydrogens is 468 g/mol. The average Bonchev–Trinajstić information content (AvgIpc) is 2.99. The molecular formula is C25H28N4O5S. The molecule has 2 amide bonds. The summed E-state index contributed by atoms with van der Waals surface area (Å²) in [6.45, 7) is 5.38. The third kappa shape index (κ3) is 5.27. The van der Waals surface area contributed by atoms with E-state index in [1.807, 2.05) is 26.0 Å². The normalized spacial score (nSPS) is 13.1. The summed E-state index contributed by atoms with van der Waals surface area (Å²) in [5, 5.41) is 5.63. The minimum Gasteiger partial charge on any atom is -0.451 e. The Morgan fingerprint density at radius 1 is 1.09 bits per heavy atom. The first kappa shape index (κ1) is 24.6. The van der Waals surface area contributed by atoms with Crippen LogP contribution in [0, 0.1) is 20.8 Å². The molecule has 0 aliphatic carbocycles. The molecule has 10 heteroatoms. The topological polar surface area (TPSA) is 119 Å². The smallest absolute Gasteiger partial charge is 0.349 e. The number of aromatic nitrogens is 2. The zero-order chi connectivity index (χ0) is 25.1. The van der Waals surface area contributed by atoms with E-state index < -0.39 is 18.5 Å². The number of carbonyl (C=O) groups excluding carboxylic acids is 3. The summed E-state index contributed by atoms with van der Waals surface area (Å²) in [5.41, 5.74) is 3.06. The molecule has 35 heavy (non-hydrogen) atoms. The average molecular weight is 497 g/mol. The van der Waals surface area contributed by atoms with E-state index in [0.29, 0.717) is 28.0 Å². The molecule has 3 aromatic rings. The Hall–Kier alpha value is -3.53. The first-order chi connectivity index (χ1) is 16.8. The van der Waals surface area contributed by atoms with Crippen LogP contribution in [0.4, 0.5) is 5.69 Å². The molecule has 1 aromatic carbocycles. The molecule has 0 spiro atoms. The van der Waals surface area contributed by atoms with Crippen molar-refractivity contribution in [3.63, 3.8) is 0 Å². The van der Waals surface area contributed by atoms with E-state index >= 15 is 0 Å². The van der Waals surface area contributed by atoms with Gasteiger partial charge in [-0.2, -0.15) is 0 Å². The van der Waals surface area contributed by atoms with Crippen molar-refractivity contribution in [3.05, 3.63) is 55.9 Å². The van der Waals surface area contributed by atoms with Crippen molar-refractivity contribution in [2.75, 3.05) is 18.5 Å². The molecule has 1 aliphatic heterocycles. The highest BCUT2D eigenvalue weighted by molar-refractivity contribution is 7.20. The van der Waals surface area contributed by atoms with Crippen molar-refractivity contribution in [1.82, 2.24) is 14.9 Å². The van der Waals surface area contributed by atoms with Gasteiger partial charge in [-0.3, -0.25) is 19.0 Å². The van der Waals surface area contributed by atoms with E-state index in [9.17, 15) is 19.2 Å². The fourth-order valence-electron chi connectivity index (χ4n) is 4.11. The molecule has 1 aliphatic rings. The van der Waals surface area contributed by atoms with E-state index in [-0.39, 0.29) is 22.9 Å². The summed E-state index contributed by atoms with van der Waals surface area (Å²) in [7, 11) is 0. The van der Waals surface area contributed by atoms with Gasteiger partial charge in [0.15, 0.2) is 6.61 Å². The number of ether oxygens (including phenoxy) is 1. The van der Waals surface area contributed by atoms with Crippen LogP contribution in [0.1, 0.15) is 51.4 Å². The van der Waals surface area contributed by atoms with Gasteiger partial charge in [-0.15, -0.1) is 11.3 Å². The minimum atomic E-state index is -0.694. The van der Waals surface area contributed by atoms with Crippen LogP contribution in [0.25, 0.3) is 10.2 Å². The molecule has 4 rings (SSSR count). The maximum absolute atomic E-state index is 13.0. The van der Waals surface area contributed by atoms with Crippen LogP contribution < -0.4 is 16.2 Å². The Morgan fingerprint density at radius 2 is 1.89 bits per heavy atom. The highest BCUT2D eigenvalue weighted by Crippen LogP contribution is 2.29. The molecule has 0 fully saturated rings. The number of thiophene rings is 1. The fraction of sp³-hybridized carbons (Fsp3) is 0.400. The first-order valence-corrected chi connectivity index (χ1v) is 12.4. The molecule has 2 aromatic heterocycles. The standard InChI is InChI=1S/C25H28N4O5S/c1-14-8-7-9-17(15(14)2)27-19(30)12-26-20(31)13-34-25(33)22-16(3)21-23(35-22)28-18-10-5-4-6-11-29(18)24(21)32/h7-9H,4-6,10-13H2,1-3H3,(H,26,31)(H,27,30). The molecule has 9 nitrogen and oxygen atoms in total. The second-order valence-corrected chi connectivity index (χ2v) is 9.68. The van der Waals surface area contributed by atoms with Crippen molar-refractivity contribution >= 4 is 45.0 Å².